The SMILES string of the molecule is Cc1ccc(S(=O)(=O)N2C(CBr)C[C@@H]3CCCC[C@H]32)cc1. The van der Waals surface area contributed by atoms with Gasteiger partial charge in [0, 0.05) is 17.4 Å². The fraction of sp³-hybridized carbons (Fsp3) is 0.625. The van der Waals surface area contributed by atoms with Gasteiger partial charge >= 0.3 is 0 Å². The number of alkyl halides is 1. The molecule has 0 amide bonds. The van der Waals surface area contributed by atoms with Gasteiger partial charge in [0.25, 0.3) is 0 Å². The minimum Gasteiger partial charge on any atom is -0.207 e. The van der Waals surface area contributed by atoms with E-state index in [1.54, 1.807) is 12.1 Å². The molecule has 1 saturated heterocycles. The minimum absolute atomic E-state index is 0.101. The molecular formula is C16H22BrNO2S. The van der Waals surface area contributed by atoms with Crippen LogP contribution in [0.5, 0.6) is 0 Å². The van der Waals surface area contributed by atoms with Gasteiger partial charge in [-0.05, 0) is 44.2 Å². The number of sulfonamides is 1. The first-order valence-electron chi connectivity index (χ1n) is 7.70. The maximum atomic E-state index is 13.1. The largest absolute Gasteiger partial charge is 0.243 e. The van der Waals surface area contributed by atoms with Crippen LogP contribution >= 0.6 is 15.9 Å². The molecule has 0 radical (unpaired) electrons. The number of nitrogens with zero attached hydrogens (tertiary/aromatic N) is 1. The molecule has 1 saturated carbocycles. The average Bonchev–Trinajstić information content (AvgIpc) is 2.87. The molecule has 0 N–H and O–H groups in total. The van der Waals surface area contributed by atoms with Crippen molar-refractivity contribution >= 4 is 26.0 Å². The summed E-state index contributed by atoms with van der Waals surface area (Å²) in [6.45, 7) is 1.98. The average molecular weight is 372 g/mol. The summed E-state index contributed by atoms with van der Waals surface area (Å²) in [5, 5.41) is 0.727. The lowest BCUT2D eigenvalue weighted by atomic mass is 9.85. The van der Waals surface area contributed by atoms with Crippen molar-refractivity contribution in [2.75, 3.05) is 5.33 Å². The van der Waals surface area contributed by atoms with Crippen LogP contribution in [-0.4, -0.2) is 30.1 Å². The van der Waals surface area contributed by atoms with Crippen LogP contribution < -0.4 is 0 Å². The molecule has 0 spiro atoms. The second kappa shape index (κ2) is 6.01. The first-order valence-corrected chi connectivity index (χ1v) is 10.3. The number of benzene rings is 1. The van der Waals surface area contributed by atoms with E-state index >= 15 is 0 Å². The lowest BCUT2D eigenvalue weighted by molar-refractivity contribution is 0.249. The van der Waals surface area contributed by atoms with Crippen molar-refractivity contribution in [1.29, 1.82) is 0 Å². The van der Waals surface area contributed by atoms with Gasteiger partial charge in [0.1, 0.15) is 0 Å². The van der Waals surface area contributed by atoms with E-state index in [9.17, 15) is 8.42 Å². The lowest BCUT2D eigenvalue weighted by Crippen LogP contribution is -2.43. The molecule has 1 heterocycles. The van der Waals surface area contributed by atoms with Crippen LogP contribution in [0.4, 0.5) is 0 Å². The number of rotatable bonds is 3. The first kappa shape index (κ1) is 15.5. The van der Waals surface area contributed by atoms with Crippen molar-refractivity contribution in [3.63, 3.8) is 0 Å². The summed E-state index contributed by atoms with van der Waals surface area (Å²) in [6, 6.07) is 7.55. The van der Waals surface area contributed by atoms with Gasteiger partial charge in [-0.2, -0.15) is 4.31 Å². The Morgan fingerprint density at radius 1 is 1.19 bits per heavy atom. The van der Waals surface area contributed by atoms with Crippen LogP contribution in [0.3, 0.4) is 0 Å². The topological polar surface area (TPSA) is 37.4 Å². The van der Waals surface area contributed by atoms with Crippen molar-refractivity contribution in [2.24, 2.45) is 5.92 Å². The van der Waals surface area contributed by atoms with Crippen molar-refractivity contribution in [3.05, 3.63) is 29.8 Å². The van der Waals surface area contributed by atoms with E-state index in [2.05, 4.69) is 15.9 Å². The summed E-state index contributed by atoms with van der Waals surface area (Å²) in [5.41, 5.74) is 1.09. The molecule has 1 aliphatic heterocycles. The van der Waals surface area contributed by atoms with Crippen molar-refractivity contribution in [3.8, 4) is 0 Å². The van der Waals surface area contributed by atoms with E-state index in [0.29, 0.717) is 10.8 Å². The second-order valence-corrected chi connectivity index (χ2v) is 8.79. The van der Waals surface area contributed by atoms with Gasteiger partial charge in [-0.25, -0.2) is 8.42 Å². The first-order chi connectivity index (χ1) is 10.0. The summed E-state index contributed by atoms with van der Waals surface area (Å²) in [4.78, 5) is 0.435. The maximum absolute atomic E-state index is 13.1. The molecule has 1 aliphatic carbocycles. The molecule has 3 atom stereocenters. The lowest BCUT2D eigenvalue weighted by Gasteiger charge is -2.32. The highest BCUT2D eigenvalue weighted by Gasteiger charge is 2.47. The van der Waals surface area contributed by atoms with Gasteiger partial charge in [0.05, 0.1) is 4.90 Å². The van der Waals surface area contributed by atoms with Crippen LogP contribution in [-0.2, 0) is 10.0 Å². The van der Waals surface area contributed by atoms with Gasteiger partial charge < -0.3 is 0 Å². The molecule has 0 aromatic heterocycles. The minimum atomic E-state index is -3.38. The molecule has 2 aliphatic rings. The highest BCUT2D eigenvalue weighted by atomic mass is 79.9. The van der Waals surface area contributed by atoms with E-state index in [1.807, 2.05) is 23.4 Å². The molecule has 1 unspecified atom stereocenters. The molecule has 21 heavy (non-hydrogen) atoms. The van der Waals surface area contributed by atoms with Crippen LogP contribution in [0.15, 0.2) is 29.2 Å². The Morgan fingerprint density at radius 2 is 1.86 bits per heavy atom. The molecule has 3 nitrogen and oxygen atoms in total. The maximum Gasteiger partial charge on any atom is 0.243 e. The van der Waals surface area contributed by atoms with Gasteiger partial charge in [-0.1, -0.05) is 46.5 Å². The second-order valence-electron chi connectivity index (χ2n) is 6.30. The summed E-state index contributed by atoms with van der Waals surface area (Å²) in [6.07, 6.45) is 5.58. The van der Waals surface area contributed by atoms with E-state index in [-0.39, 0.29) is 12.1 Å². The summed E-state index contributed by atoms with van der Waals surface area (Å²) < 4.78 is 28.0. The molecule has 5 heteroatoms. The van der Waals surface area contributed by atoms with Gasteiger partial charge in [0.2, 0.25) is 10.0 Å². The van der Waals surface area contributed by atoms with E-state index < -0.39 is 10.0 Å². The number of halogens is 1. The molecular weight excluding hydrogens is 350 g/mol. The van der Waals surface area contributed by atoms with Crippen molar-refractivity contribution < 1.29 is 8.42 Å². The Hall–Kier alpha value is -0.390. The zero-order valence-electron chi connectivity index (χ0n) is 12.3. The van der Waals surface area contributed by atoms with Crippen LogP contribution in [0, 0.1) is 12.8 Å². The normalized spacial score (nSPS) is 30.3. The van der Waals surface area contributed by atoms with Gasteiger partial charge in [0.15, 0.2) is 0 Å². The predicted octanol–water partition coefficient (Wildman–Crippen LogP) is 3.71. The van der Waals surface area contributed by atoms with E-state index in [0.717, 1.165) is 30.2 Å². The highest BCUT2D eigenvalue weighted by Crippen LogP contribution is 2.43. The Morgan fingerprint density at radius 3 is 2.52 bits per heavy atom. The van der Waals surface area contributed by atoms with Crippen LogP contribution in [0.1, 0.15) is 37.7 Å². The Balaban J connectivity index is 1.97. The number of hydrogen-bond acceptors (Lipinski definition) is 2. The van der Waals surface area contributed by atoms with Crippen molar-refractivity contribution in [1.82, 2.24) is 4.31 Å². The molecule has 1 aromatic rings. The van der Waals surface area contributed by atoms with Gasteiger partial charge in [-0.3, -0.25) is 0 Å². The van der Waals surface area contributed by atoms with Crippen molar-refractivity contribution in [2.45, 2.75) is 56.0 Å². The molecule has 3 rings (SSSR count). The standard InChI is InChI=1S/C16H22BrNO2S/c1-12-6-8-15(9-7-12)21(19,20)18-14(11-17)10-13-4-2-3-5-16(13)18/h6-9,13-14,16H,2-5,10-11H2,1H3/t13-,14?,16+/m0/s1. The third-order valence-corrected chi connectivity index (χ3v) is 7.64. The van der Waals surface area contributed by atoms with Gasteiger partial charge in [-0.15, -0.1) is 0 Å². The number of aryl methyl sites for hydroxylation is 1. The smallest absolute Gasteiger partial charge is 0.207 e. The molecule has 116 valence electrons. The zero-order valence-corrected chi connectivity index (χ0v) is 14.7. The number of fused-ring (bicyclic) bond motifs is 1. The summed E-state index contributed by atoms with van der Waals surface area (Å²) >= 11 is 3.52. The Bertz CT molecular complexity index is 599. The number of hydrogen-bond donors (Lipinski definition) is 0. The molecule has 0 bridgehead atoms. The zero-order chi connectivity index (χ0) is 15.0. The van der Waals surface area contributed by atoms with E-state index in [1.165, 1.54) is 12.8 Å². The third kappa shape index (κ3) is 2.80. The highest BCUT2D eigenvalue weighted by molar-refractivity contribution is 9.09. The van der Waals surface area contributed by atoms with Crippen LogP contribution in [0.25, 0.3) is 0 Å². The molecule has 1 aromatic carbocycles. The predicted molar refractivity (Wildman–Crippen MR) is 88.1 cm³/mol. The fourth-order valence-electron chi connectivity index (χ4n) is 3.86. The fourth-order valence-corrected chi connectivity index (χ4v) is 6.54. The van der Waals surface area contributed by atoms with E-state index in [4.69, 9.17) is 0 Å². The third-order valence-electron chi connectivity index (χ3n) is 4.91. The Labute approximate surface area is 135 Å². The Kier molecular flexibility index (Phi) is 4.44. The summed E-state index contributed by atoms with van der Waals surface area (Å²) in [7, 11) is -3.38. The molecule has 2 fully saturated rings. The quantitative estimate of drug-likeness (QED) is 0.759. The van der Waals surface area contributed by atoms with Crippen LogP contribution in [0.2, 0.25) is 0 Å². The summed E-state index contributed by atoms with van der Waals surface area (Å²) in [5.74, 6) is 0.543. The monoisotopic (exact) mass is 371 g/mol.